The number of aromatic nitrogens is 5. The third-order valence-corrected chi connectivity index (χ3v) is 4.21. The van der Waals surface area contributed by atoms with Crippen molar-refractivity contribution in [3.8, 4) is 0 Å². The van der Waals surface area contributed by atoms with Crippen molar-refractivity contribution in [2.45, 2.75) is 26.8 Å². The first-order chi connectivity index (χ1) is 10.8. The number of pyridine rings is 1. The van der Waals surface area contributed by atoms with Gasteiger partial charge in [-0.1, -0.05) is 0 Å². The smallest absolute Gasteiger partial charge is 0.147 e. The lowest BCUT2D eigenvalue weighted by Crippen LogP contribution is -2.03. The molecule has 0 atom stereocenters. The Morgan fingerprint density at radius 3 is 2.39 bits per heavy atom. The summed E-state index contributed by atoms with van der Waals surface area (Å²) >= 11 is 6.93. The standard InChI is InChI=1S/C10H11Br2N3.C5H9N3/c1-5(2)15-10-7(11)4-8(12)13-9(10)6(3)14-15;1-6-5-3-4-8(2)7-5/h4-5H,1-3H3;3-4H,1-2H3,(H,6,7). The van der Waals surface area contributed by atoms with Gasteiger partial charge in [-0.3, -0.25) is 9.36 Å². The number of rotatable bonds is 2. The molecular formula is C15H20Br2N6. The second-order valence-corrected chi connectivity index (χ2v) is 7.04. The van der Waals surface area contributed by atoms with Crippen LogP contribution in [0.15, 0.2) is 27.4 Å². The molecule has 0 aliphatic heterocycles. The number of anilines is 1. The van der Waals surface area contributed by atoms with Crippen molar-refractivity contribution in [2.24, 2.45) is 7.05 Å². The van der Waals surface area contributed by atoms with E-state index in [9.17, 15) is 0 Å². The van der Waals surface area contributed by atoms with Gasteiger partial charge >= 0.3 is 0 Å². The summed E-state index contributed by atoms with van der Waals surface area (Å²) in [5.74, 6) is 0.910. The fourth-order valence-corrected chi connectivity index (χ4v) is 3.43. The number of hydrogen-bond acceptors (Lipinski definition) is 4. The zero-order valence-corrected chi connectivity index (χ0v) is 17.0. The summed E-state index contributed by atoms with van der Waals surface area (Å²) in [6.07, 6.45) is 1.89. The van der Waals surface area contributed by atoms with Gasteiger partial charge in [0.15, 0.2) is 0 Å². The average molecular weight is 444 g/mol. The van der Waals surface area contributed by atoms with Crippen LogP contribution in [0.1, 0.15) is 25.6 Å². The summed E-state index contributed by atoms with van der Waals surface area (Å²) in [5, 5.41) is 11.4. The highest BCUT2D eigenvalue weighted by atomic mass is 79.9. The second kappa shape index (κ2) is 7.44. The van der Waals surface area contributed by atoms with Gasteiger partial charge in [0.25, 0.3) is 0 Å². The van der Waals surface area contributed by atoms with E-state index in [4.69, 9.17) is 0 Å². The highest BCUT2D eigenvalue weighted by Gasteiger charge is 2.14. The van der Waals surface area contributed by atoms with Gasteiger partial charge in [0.2, 0.25) is 0 Å². The van der Waals surface area contributed by atoms with Crippen molar-refractivity contribution in [3.05, 3.63) is 33.1 Å². The maximum atomic E-state index is 4.49. The lowest BCUT2D eigenvalue weighted by Gasteiger charge is -2.07. The van der Waals surface area contributed by atoms with Gasteiger partial charge in [-0.15, -0.1) is 0 Å². The summed E-state index contributed by atoms with van der Waals surface area (Å²) in [4.78, 5) is 4.44. The molecule has 0 unspecified atom stereocenters. The van der Waals surface area contributed by atoms with Gasteiger partial charge in [-0.05, 0) is 58.7 Å². The van der Waals surface area contributed by atoms with Gasteiger partial charge in [0.1, 0.15) is 21.5 Å². The van der Waals surface area contributed by atoms with Crippen LogP contribution in [-0.4, -0.2) is 31.6 Å². The van der Waals surface area contributed by atoms with Crippen LogP contribution in [0.5, 0.6) is 0 Å². The largest absolute Gasteiger partial charge is 0.372 e. The Balaban J connectivity index is 0.000000203. The van der Waals surface area contributed by atoms with E-state index in [2.05, 4.69) is 66.2 Å². The quantitative estimate of drug-likeness (QED) is 0.599. The molecule has 0 aromatic carbocycles. The molecule has 0 bridgehead atoms. The molecule has 6 nitrogen and oxygen atoms in total. The fourth-order valence-electron chi connectivity index (χ4n) is 2.13. The molecule has 0 saturated carbocycles. The van der Waals surface area contributed by atoms with Crippen LogP contribution < -0.4 is 5.32 Å². The fraction of sp³-hybridized carbons (Fsp3) is 0.400. The molecule has 0 amide bonds. The van der Waals surface area contributed by atoms with Crippen molar-refractivity contribution in [1.82, 2.24) is 24.5 Å². The molecule has 0 fully saturated rings. The van der Waals surface area contributed by atoms with E-state index in [-0.39, 0.29) is 0 Å². The third kappa shape index (κ3) is 4.11. The molecule has 3 rings (SSSR count). The summed E-state index contributed by atoms with van der Waals surface area (Å²) in [5.41, 5.74) is 2.97. The van der Waals surface area contributed by atoms with Crippen LogP contribution in [0.3, 0.4) is 0 Å². The number of nitrogens with zero attached hydrogens (tertiary/aromatic N) is 5. The molecule has 0 aliphatic rings. The predicted molar refractivity (Wildman–Crippen MR) is 101 cm³/mol. The van der Waals surface area contributed by atoms with E-state index in [1.807, 2.05) is 44.0 Å². The maximum absolute atomic E-state index is 4.49. The molecule has 0 saturated heterocycles. The molecule has 0 radical (unpaired) electrons. The van der Waals surface area contributed by atoms with Gasteiger partial charge in [0.05, 0.1) is 5.69 Å². The Bertz CT molecular complexity index is 806. The number of nitrogens with one attached hydrogen (secondary N) is 1. The van der Waals surface area contributed by atoms with E-state index in [0.29, 0.717) is 6.04 Å². The SMILES string of the molecule is CNc1ccn(C)n1.Cc1nn(C(C)C)c2c(Br)cc(Br)nc12. The number of halogens is 2. The number of hydrogen-bond donors (Lipinski definition) is 1. The molecule has 124 valence electrons. The van der Waals surface area contributed by atoms with Crippen LogP contribution in [-0.2, 0) is 7.05 Å². The third-order valence-electron chi connectivity index (χ3n) is 3.20. The molecular weight excluding hydrogens is 424 g/mol. The predicted octanol–water partition coefficient (Wildman–Crippen LogP) is 4.31. The van der Waals surface area contributed by atoms with E-state index in [1.54, 1.807) is 4.68 Å². The van der Waals surface area contributed by atoms with E-state index in [0.717, 1.165) is 31.6 Å². The van der Waals surface area contributed by atoms with Crippen LogP contribution in [0, 0.1) is 6.92 Å². The Hall–Kier alpha value is -1.41. The Morgan fingerprint density at radius 2 is 1.91 bits per heavy atom. The highest BCUT2D eigenvalue weighted by molar-refractivity contribution is 9.11. The average Bonchev–Trinajstić information content (AvgIpc) is 3.04. The molecule has 0 aliphatic carbocycles. The van der Waals surface area contributed by atoms with Crippen LogP contribution in [0.2, 0.25) is 0 Å². The van der Waals surface area contributed by atoms with Gasteiger partial charge in [-0.2, -0.15) is 10.2 Å². The van der Waals surface area contributed by atoms with Crippen LogP contribution >= 0.6 is 31.9 Å². The minimum absolute atomic E-state index is 0.334. The molecule has 0 spiro atoms. The molecule has 3 aromatic rings. The minimum Gasteiger partial charge on any atom is -0.372 e. The van der Waals surface area contributed by atoms with E-state index < -0.39 is 0 Å². The highest BCUT2D eigenvalue weighted by Crippen LogP contribution is 2.29. The molecule has 1 N–H and O–H groups in total. The Morgan fingerprint density at radius 1 is 1.22 bits per heavy atom. The first-order valence-electron chi connectivity index (χ1n) is 7.21. The summed E-state index contributed by atoms with van der Waals surface area (Å²) in [6.45, 7) is 6.20. The summed E-state index contributed by atoms with van der Waals surface area (Å²) in [6, 6.07) is 4.20. The Kier molecular flexibility index (Phi) is 5.80. The second-order valence-electron chi connectivity index (χ2n) is 5.37. The molecule has 23 heavy (non-hydrogen) atoms. The first-order valence-corrected chi connectivity index (χ1v) is 8.80. The molecule has 8 heteroatoms. The summed E-state index contributed by atoms with van der Waals surface area (Å²) < 4.78 is 5.60. The summed E-state index contributed by atoms with van der Waals surface area (Å²) in [7, 11) is 3.74. The van der Waals surface area contributed by atoms with Gasteiger partial charge in [-0.25, -0.2) is 4.98 Å². The minimum atomic E-state index is 0.334. The molecule has 3 aromatic heterocycles. The zero-order valence-electron chi connectivity index (χ0n) is 13.8. The maximum Gasteiger partial charge on any atom is 0.147 e. The zero-order chi connectivity index (χ0) is 17.1. The van der Waals surface area contributed by atoms with Crippen LogP contribution in [0.25, 0.3) is 11.0 Å². The van der Waals surface area contributed by atoms with Crippen molar-refractivity contribution in [3.63, 3.8) is 0 Å². The number of aryl methyl sites for hydroxylation is 2. The van der Waals surface area contributed by atoms with Crippen molar-refractivity contribution in [2.75, 3.05) is 12.4 Å². The first kappa shape index (κ1) is 17.9. The number of fused-ring (bicyclic) bond motifs is 1. The topological polar surface area (TPSA) is 60.6 Å². The normalized spacial score (nSPS) is 10.8. The lowest BCUT2D eigenvalue weighted by molar-refractivity contribution is 0.546. The van der Waals surface area contributed by atoms with Crippen LogP contribution in [0.4, 0.5) is 5.82 Å². The van der Waals surface area contributed by atoms with Crippen molar-refractivity contribution < 1.29 is 0 Å². The van der Waals surface area contributed by atoms with Crippen molar-refractivity contribution >= 4 is 48.7 Å². The monoisotopic (exact) mass is 442 g/mol. The van der Waals surface area contributed by atoms with E-state index in [1.165, 1.54) is 0 Å². The van der Waals surface area contributed by atoms with Gasteiger partial charge < -0.3 is 5.32 Å². The lowest BCUT2D eigenvalue weighted by atomic mass is 10.3. The van der Waals surface area contributed by atoms with Gasteiger partial charge in [0, 0.05) is 36.9 Å². The Labute approximate surface area is 152 Å². The van der Waals surface area contributed by atoms with E-state index >= 15 is 0 Å². The molecule has 3 heterocycles. The van der Waals surface area contributed by atoms with Crippen molar-refractivity contribution in [1.29, 1.82) is 0 Å².